The van der Waals surface area contributed by atoms with Gasteiger partial charge in [-0.1, -0.05) is 24.3 Å². The van der Waals surface area contributed by atoms with Crippen LogP contribution < -0.4 is 10.2 Å². The maximum absolute atomic E-state index is 12.3. The van der Waals surface area contributed by atoms with E-state index in [1.807, 2.05) is 0 Å². The number of carboxylic acids is 2. The Balaban J connectivity index is 0.00000242. The van der Waals surface area contributed by atoms with E-state index in [1.54, 1.807) is 0 Å². The second kappa shape index (κ2) is 7.90. The van der Waals surface area contributed by atoms with Crippen molar-refractivity contribution in [3.8, 4) is 0 Å². The van der Waals surface area contributed by atoms with Crippen LogP contribution in [0, 0.1) is 0 Å². The largest absolute Gasteiger partial charge is 3.00 e. The first-order valence-corrected chi connectivity index (χ1v) is 7.18. The average molecular weight is 348 g/mol. The van der Waals surface area contributed by atoms with Crippen molar-refractivity contribution >= 4 is 39.1 Å². The minimum absolute atomic E-state index is 0. The van der Waals surface area contributed by atoms with Gasteiger partial charge in [0, 0.05) is 0 Å². The molecule has 0 amide bonds. The van der Waals surface area contributed by atoms with Crippen molar-refractivity contribution in [3.63, 3.8) is 0 Å². The molecule has 0 bridgehead atoms. The molecular formula is C14H9AlO7S. The second-order valence-corrected chi connectivity index (χ2v) is 6.08. The molecule has 1 N–H and O–H groups in total. The van der Waals surface area contributed by atoms with Crippen molar-refractivity contribution in [2.45, 2.75) is 9.79 Å². The van der Waals surface area contributed by atoms with Gasteiger partial charge in [0.15, 0.2) is 0 Å². The van der Waals surface area contributed by atoms with Crippen molar-refractivity contribution < 1.29 is 33.7 Å². The van der Waals surface area contributed by atoms with Gasteiger partial charge in [0.05, 0.1) is 21.7 Å². The van der Waals surface area contributed by atoms with Gasteiger partial charge in [-0.3, -0.25) is 0 Å². The number of carbonyl (C=O) groups is 2. The first-order chi connectivity index (χ1) is 9.82. The van der Waals surface area contributed by atoms with Gasteiger partial charge in [-0.2, -0.15) is 0 Å². The van der Waals surface area contributed by atoms with Gasteiger partial charge >= 0.3 is 17.4 Å². The Bertz CT molecular complexity index is 733. The molecule has 0 aromatic heterocycles. The average Bonchev–Trinajstić information content (AvgIpc) is 2.47. The standard InChI is InChI=1S/C14H10O6S.Al.H2O/c15-13(16)9-1-5-11(6-2-9)21(19,20)12-7-3-10(4-8-12)14(17)18;;/h1-8H,(H,15,16)(H,17,18);;1H2/q;+3;/p-3. The van der Waals surface area contributed by atoms with Crippen LogP contribution in [0.25, 0.3) is 0 Å². The van der Waals surface area contributed by atoms with Crippen LogP contribution in [0.15, 0.2) is 58.3 Å². The van der Waals surface area contributed by atoms with Crippen LogP contribution in [0.1, 0.15) is 20.7 Å². The number of benzene rings is 2. The van der Waals surface area contributed by atoms with Crippen LogP contribution in [0.3, 0.4) is 0 Å². The van der Waals surface area contributed by atoms with Gasteiger partial charge in [-0.25, -0.2) is 8.42 Å². The molecule has 2 rings (SSSR count). The van der Waals surface area contributed by atoms with Gasteiger partial charge in [0.25, 0.3) is 0 Å². The summed E-state index contributed by atoms with van der Waals surface area (Å²) >= 11 is 0. The molecule has 0 saturated heterocycles. The summed E-state index contributed by atoms with van der Waals surface area (Å²) in [6.07, 6.45) is 0. The van der Waals surface area contributed by atoms with Gasteiger partial charge in [0.1, 0.15) is 0 Å². The van der Waals surface area contributed by atoms with E-state index in [4.69, 9.17) is 0 Å². The zero-order valence-electron chi connectivity index (χ0n) is 11.5. The second-order valence-electron chi connectivity index (χ2n) is 4.13. The third-order valence-electron chi connectivity index (χ3n) is 2.80. The first kappa shape index (κ1) is 20.8. The van der Waals surface area contributed by atoms with Gasteiger partial charge < -0.3 is 25.3 Å². The van der Waals surface area contributed by atoms with E-state index in [0.717, 1.165) is 48.5 Å². The normalized spacial score (nSPS) is 10.1. The summed E-state index contributed by atoms with van der Waals surface area (Å²) in [5, 5.41) is 21.2. The summed E-state index contributed by atoms with van der Waals surface area (Å²) in [6.45, 7) is 0. The first-order valence-electron chi connectivity index (χ1n) is 5.70. The van der Waals surface area contributed by atoms with Crippen molar-refractivity contribution in [1.82, 2.24) is 0 Å². The minimum atomic E-state index is -3.85. The molecule has 9 heteroatoms. The smallest absolute Gasteiger partial charge is 0.870 e. The Hall–Kier alpha value is -2.18. The molecule has 2 aromatic rings. The molecule has 0 spiro atoms. The van der Waals surface area contributed by atoms with E-state index in [9.17, 15) is 28.2 Å². The molecule has 0 fully saturated rings. The fourth-order valence-electron chi connectivity index (χ4n) is 1.68. The monoisotopic (exact) mass is 348 g/mol. The topological polar surface area (TPSA) is 144 Å². The van der Waals surface area contributed by atoms with Crippen LogP contribution in [-0.2, 0) is 9.84 Å². The number of hydrogen-bond acceptors (Lipinski definition) is 7. The third kappa shape index (κ3) is 4.40. The number of hydrogen-bond donors (Lipinski definition) is 0. The molecule has 0 saturated carbocycles. The van der Waals surface area contributed by atoms with Crippen LogP contribution in [0.2, 0.25) is 0 Å². The summed E-state index contributed by atoms with van der Waals surface area (Å²) < 4.78 is 24.5. The Morgan fingerprint density at radius 2 is 0.957 bits per heavy atom. The van der Waals surface area contributed by atoms with Crippen LogP contribution >= 0.6 is 0 Å². The summed E-state index contributed by atoms with van der Waals surface area (Å²) in [7, 11) is -3.85. The van der Waals surface area contributed by atoms with Crippen molar-refractivity contribution in [1.29, 1.82) is 0 Å². The van der Waals surface area contributed by atoms with Crippen LogP contribution in [-0.4, -0.2) is 43.2 Å². The fraction of sp³-hybridized carbons (Fsp3) is 0. The van der Waals surface area contributed by atoms with Crippen molar-refractivity contribution in [3.05, 3.63) is 59.7 Å². The summed E-state index contributed by atoms with van der Waals surface area (Å²) in [6, 6.07) is 9.07. The van der Waals surface area contributed by atoms with Gasteiger partial charge in [-0.15, -0.1) is 0 Å². The number of carboxylic acid groups (broad SMARTS) is 2. The Morgan fingerprint density at radius 3 is 1.17 bits per heavy atom. The van der Waals surface area contributed by atoms with Crippen molar-refractivity contribution in [2.24, 2.45) is 0 Å². The van der Waals surface area contributed by atoms with E-state index >= 15 is 0 Å². The SMILES string of the molecule is O=C([O-])c1ccc(S(=O)(=O)c2ccc(C(=O)[O-])cc2)cc1.[Al+3].[OH-]. The van der Waals surface area contributed by atoms with Gasteiger partial charge in [-0.05, 0) is 35.4 Å². The number of aromatic carboxylic acids is 2. The van der Waals surface area contributed by atoms with E-state index in [0.29, 0.717) is 0 Å². The Labute approximate surface area is 142 Å². The molecule has 0 atom stereocenters. The maximum Gasteiger partial charge on any atom is 3.00 e. The Morgan fingerprint density at radius 1 is 0.696 bits per heavy atom. The molecule has 0 radical (unpaired) electrons. The molecule has 0 aliphatic carbocycles. The van der Waals surface area contributed by atoms with Crippen molar-refractivity contribution in [2.75, 3.05) is 0 Å². The molecule has 0 heterocycles. The zero-order chi connectivity index (χ0) is 15.6. The van der Waals surface area contributed by atoms with Gasteiger partial charge in [0.2, 0.25) is 9.84 Å². The third-order valence-corrected chi connectivity index (χ3v) is 4.59. The summed E-state index contributed by atoms with van der Waals surface area (Å²) in [4.78, 5) is 21.0. The quantitative estimate of drug-likeness (QED) is 0.624. The molecule has 116 valence electrons. The van der Waals surface area contributed by atoms with E-state index in [1.165, 1.54) is 0 Å². The molecule has 0 aliphatic rings. The Kier molecular flexibility index (Phi) is 7.15. The fourth-order valence-corrected chi connectivity index (χ4v) is 2.94. The number of rotatable bonds is 4. The van der Waals surface area contributed by atoms with E-state index in [2.05, 4.69) is 0 Å². The predicted octanol–water partition coefficient (Wildman–Crippen LogP) is -1.31. The molecule has 0 aliphatic heterocycles. The molecule has 23 heavy (non-hydrogen) atoms. The number of carbonyl (C=O) groups excluding carboxylic acids is 2. The number of sulfone groups is 1. The molecule has 0 unspecified atom stereocenters. The zero-order valence-corrected chi connectivity index (χ0v) is 13.5. The predicted molar refractivity (Wildman–Crippen MR) is 74.7 cm³/mol. The summed E-state index contributed by atoms with van der Waals surface area (Å²) in [5.41, 5.74) is -0.275. The molecule has 2 aromatic carbocycles. The van der Waals surface area contributed by atoms with E-state index in [-0.39, 0.29) is 43.8 Å². The molecule has 7 nitrogen and oxygen atoms in total. The summed E-state index contributed by atoms with van der Waals surface area (Å²) in [5.74, 6) is -2.81. The van der Waals surface area contributed by atoms with Crippen LogP contribution in [0.5, 0.6) is 0 Å². The maximum atomic E-state index is 12.3. The minimum Gasteiger partial charge on any atom is -0.870 e. The van der Waals surface area contributed by atoms with E-state index < -0.39 is 21.8 Å². The van der Waals surface area contributed by atoms with Crippen LogP contribution in [0.4, 0.5) is 0 Å². The molecular weight excluding hydrogens is 339 g/mol.